The average molecular weight is 277 g/mol. The molecule has 1 aromatic rings. The van der Waals surface area contributed by atoms with Gasteiger partial charge in [0.05, 0.1) is 11.4 Å². The van der Waals surface area contributed by atoms with Gasteiger partial charge in [0.2, 0.25) is 10.0 Å². The van der Waals surface area contributed by atoms with Crippen molar-refractivity contribution in [2.24, 2.45) is 0 Å². The van der Waals surface area contributed by atoms with Crippen LogP contribution in [-0.4, -0.2) is 25.8 Å². The van der Waals surface area contributed by atoms with Gasteiger partial charge in [0.15, 0.2) is 0 Å². The van der Waals surface area contributed by atoms with Crippen LogP contribution in [0.5, 0.6) is 0 Å². The Labute approximate surface area is 116 Å². The van der Waals surface area contributed by atoms with E-state index in [0.717, 1.165) is 5.56 Å². The highest BCUT2D eigenvalue weighted by molar-refractivity contribution is 7.89. The van der Waals surface area contributed by atoms with Gasteiger partial charge in [-0.3, -0.25) is 0 Å². The first-order valence-electron chi connectivity index (χ1n) is 6.09. The van der Waals surface area contributed by atoms with Crippen LogP contribution in [-0.2, 0) is 10.0 Å². The second-order valence-corrected chi connectivity index (χ2v) is 6.09. The van der Waals surface area contributed by atoms with Crippen molar-refractivity contribution >= 4 is 10.0 Å². The molecule has 0 radical (unpaired) electrons. The molecule has 0 fully saturated rings. The molecule has 0 aromatic heterocycles. The van der Waals surface area contributed by atoms with Gasteiger partial charge in [-0.1, -0.05) is 29.7 Å². The first-order valence-corrected chi connectivity index (χ1v) is 7.53. The highest BCUT2D eigenvalue weighted by atomic mass is 32.2. The smallest absolute Gasteiger partial charge is 0.207 e. The predicted octanol–water partition coefficient (Wildman–Crippen LogP) is 2.59. The molecule has 19 heavy (non-hydrogen) atoms. The molecule has 0 aliphatic carbocycles. The lowest BCUT2D eigenvalue weighted by Gasteiger charge is -2.19. The van der Waals surface area contributed by atoms with Gasteiger partial charge >= 0.3 is 0 Å². The Bertz CT molecular complexity index is 577. The van der Waals surface area contributed by atoms with Gasteiger partial charge in [0, 0.05) is 6.54 Å². The summed E-state index contributed by atoms with van der Waals surface area (Å²) >= 11 is 0. The van der Waals surface area contributed by atoms with Crippen molar-refractivity contribution in [3.05, 3.63) is 42.5 Å². The van der Waals surface area contributed by atoms with Gasteiger partial charge in [-0.2, -0.15) is 4.31 Å². The largest absolute Gasteiger partial charge is 0.243 e. The molecule has 0 amide bonds. The minimum absolute atomic E-state index is 0.209. The monoisotopic (exact) mass is 277 g/mol. The summed E-state index contributed by atoms with van der Waals surface area (Å²) < 4.78 is 26.3. The Morgan fingerprint density at radius 2 is 1.95 bits per heavy atom. The number of nitrogens with zero attached hydrogens (tertiary/aromatic N) is 1. The fraction of sp³-hybridized carbons (Fsp3) is 0.333. The predicted molar refractivity (Wildman–Crippen MR) is 78.2 cm³/mol. The van der Waals surface area contributed by atoms with Crippen molar-refractivity contribution in [2.75, 3.05) is 13.1 Å². The number of aryl methyl sites for hydroxylation is 1. The molecule has 0 aliphatic heterocycles. The summed E-state index contributed by atoms with van der Waals surface area (Å²) in [6, 6.07) is 6.85. The summed E-state index contributed by atoms with van der Waals surface area (Å²) in [5.74, 6) is 5.53. The van der Waals surface area contributed by atoms with Gasteiger partial charge in [-0.25, -0.2) is 8.42 Å². The molecule has 3 nitrogen and oxygen atoms in total. The van der Waals surface area contributed by atoms with Crippen molar-refractivity contribution in [1.29, 1.82) is 0 Å². The highest BCUT2D eigenvalue weighted by Gasteiger charge is 2.22. The molecule has 0 bridgehead atoms. The van der Waals surface area contributed by atoms with Gasteiger partial charge in [-0.15, -0.1) is 12.5 Å². The maximum absolute atomic E-state index is 12.5. The van der Waals surface area contributed by atoms with E-state index in [1.807, 2.05) is 6.92 Å². The standard InChI is InChI=1S/C15H19NO2S/c1-4-6-12-16(13-7-5-2)19(17,18)15-10-8-14(3)9-11-15/h4,8-11H,1,6,12-13H2,2-3H3. The summed E-state index contributed by atoms with van der Waals surface area (Å²) in [7, 11) is -3.48. The van der Waals surface area contributed by atoms with Crippen LogP contribution < -0.4 is 0 Å². The maximum atomic E-state index is 12.5. The first-order chi connectivity index (χ1) is 9.02. The van der Waals surface area contributed by atoms with E-state index >= 15 is 0 Å². The molecule has 4 heteroatoms. The fourth-order valence-electron chi connectivity index (χ4n) is 1.55. The maximum Gasteiger partial charge on any atom is 0.243 e. The second-order valence-electron chi connectivity index (χ2n) is 4.16. The lowest BCUT2D eigenvalue weighted by molar-refractivity contribution is 0.452. The Hall–Kier alpha value is -1.57. The lowest BCUT2D eigenvalue weighted by atomic mass is 10.2. The highest BCUT2D eigenvalue weighted by Crippen LogP contribution is 2.16. The van der Waals surface area contributed by atoms with Crippen LogP contribution in [0.15, 0.2) is 41.8 Å². The third-order valence-corrected chi connectivity index (χ3v) is 4.53. The van der Waals surface area contributed by atoms with E-state index in [2.05, 4.69) is 18.4 Å². The van der Waals surface area contributed by atoms with E-state index < -0.39 is 10.0 Å². The van der Waals surface area contributed by atoms with Crippen molar-refractivity contribution in [2.45, 2.75) is 25.2 Å². The van der Waals surface area contributed by atoms with Crippen LogP contribution >= 0.6 is 0 Å². The third kappa shape index (κ3) is 4.23. The minimum Gasteiger partial charge on any atom is -0.207 e. The third-order valence-electron chi connectivity index (χ3n) is 2.67. The molecule has 1 rings (SSSR count). The van der Waals surface area contributed by atoms with Crippen LogP contribution in [0.2, 0.25) is 0 Å². The van der Waals surface area contributed by atoms with Gasteiger partial charge < -0.3 is 0 Å². The SMILES string of the molecule is C=CCCN(CC#CC)S(=O)(=O)c1ccc(C)cc1. The van der Waals surface area contributed by atoms with Crippen molar-refractivity contribution in [3.63, 3.8) is 0 Å². The lowest BCUT2D eigenvalue weighted by Crippen LogP contribution is -2.32. The zero-order valence-corrected chi connectivity index (χ0v) is 12.2. The number of hydrogen-bond acceptors (Lipinski definition) is 2. The normalized spacial score (nSPS) is 10.9. The zero-order valence-electron chi connectivity index (χ0n) is 11.4. The van der Waals surface area contributed by atoms with Crippen LogP contribution in [0.4, 0.5) is 0 Å². The molecule has 1 aromatic carbocycles. The minimum atomic E-state index is -3.48. The number of sulfonamides is 1. The Kier molecular flexibility index (Phi) is 5.81. The number of benzene rings is 1. The van der Waals surface area contributed by atoms with E-state index in [4.69, 9.17) is 0 Å². The summed E-state index contributed by atoms with van der Waals surface area (Å²) in [6.45, 7) is 7.85. The molecule has 0 atom stereocenters. The van der Waals surface area contributed by atoms with E-state index in [1.54, 1.807) is 37.3 Å². The average Bonchev–Trinajstić information content (AvgIpc) is 2.39. The van der Waals surface area contributed by atoms with Crippen molar-refractivity contribution in [1.82, 2.24) is 4.31 Å². The second kappa shape index (κ2) is 7.13. The molecule has 0 aliphatic rings. The first kappa shape index (κ1) is 15.5. The zero-order chi connectivity index (χ0) is 14.3. The van der Waals surface area contributed by atoms with Crippen molar-refractivity contribution in [3.8, 4) is 11.8 Å². The summed E-state index contributed by atoms with van der Waals surface area (Å²) in [5.41, 5.74) is 1.03. The van der Waals surface area contributed by atoms with Crippen molar-refractivity contribution < 1.29 is 8.42 Å². The summed E-state index contributed by atoms with van der Waals surface area (Å²) in [5, 5.41) is 0. The number of rotatable bonds is 6. The Morgan fingerprint density at radius 1 is 1.32 bits per heavy atom. The van der Waals surface area contributed by atoms with Gasteiger partial charge in [0.25, 0.3) is 0 Å². The fourth-order valence-corrected chi connectivity index (χ4v) is 2.90. The number of hydrogen-bond donors (Lipinski definition) is 0. The molecule has 0 unspecified atom stereocenters. The molecule has 102 valence electrons. The van der Waals surface area contributed by atoms with Crippen LogP contribution in [0.1, 0.15) is 18.9 Å². The summed E-state index contributed by atoms with van der Waals surface area (Å²) in [6.07, 6.45) is 2.31. The quantitative estimate of drug-likeness (QED) is 0.592. The molecule has 0 spiro atoms. The van der Waals surface area contributed by atoms with Gasteiger partial charge in [0.1, 0.15) is 0 Å². The molecule has 0 N–H and O–H groups in total. The Balaban J connectivity index is 3.05. The molecule has 0 heterocycles. The van der Waals surface area contributed by atoms with E-state index in [1.165, 1.54) is 4.31 Å². The van der Waals surface area contributed by atoms with Gasteiger partial charge in [-0.05, 0) is 32.4 Å². The topological polar surface area (TPSA) is 37.4 Å². The molecular formula is C15H19NO2S. The molecular weight excluding hydrogens is 258 g/mol. The summed E-state index contributed by atoms with van der Waals surface area (Å²) in [4.78, 5) is 0.306. The molecule has 0 saturated carbocycles. The van der Waals surface area contributed by atoms with E-state index in [-0.39, 0.29) is 6.54 Å². The van der Waals surface area contributed by atoms with E-state index in [0.29, 0.717) is 17.9 Å². The van der Waals surface area contributed by atoms with E-state index in [9.17, 15) is 8.42 Å². The Morgan fingerprint density at radius 3 is 2.47 bits per heavy atom. The molecule has 0 saturated heterocycles. The van der Waals surface area contributed by atoms with Crippen LogP contribution in [0, 0.1) is 18.8 Å². The van der Waals surface area contributed by atoms with Crippen LogP contribution in [0.25, 0.3) is 0 Å². The van der Waals surface area contributed by atoms with Crippen LogP contribution in [0.3, 0.4) is 0 Å².